The Labute approximate surface area is 55.4 Å². The van der Waals surface area contributed by atoms with Crippen LogP contribution >= 0.6 is 11.8 Å². The van der Waals surface area contributed by atoms with Crippen LogP contribution in [0.5, 0.6) is 0 Å². The van der Waals surface area contributed by atoms with Gasteiger partial charge in [0.2, 0.25) is 0 Å². The molecule has 46 valence electrons. The molecule has 0 bridgehead atoms. The van der Waals surface area contributed by atoms with E-state index in [2.05, 4.69) is 13.8 Å². The van der Waals surface area contributed by atoms with Crippen LogP contribution in [0.4, 0.5) is 0 Å². The van der Waals surface area contributed by atoms with Gasteiger partial charge in [-0.25, -0.2) is 0 Å². The van der Waals surface area contributed by atoms with Gasteiger partial charge in [-0.3, -0.25) is 0 Å². The van der Waals surface area contributed by atoms with Gasteiger partial charge in [-0.2, -0.15) is 0 Å². The van der Waals surface area contributed by atoms with Crippen molar-refractivity contribution in [1.29, 1.82) is 0 Å². The first-order valence-corrected chi connectivity index (χ1v) is 4.14. The Kier molecular flexibility index (Phi) is 2.01. The molecule has 1 aliphatic rings. The highest BCUT2D eigenvalue weighted by atomic mass is 32.2. The van der Waals surface area contributed by atoms with E-state index < -0.39 is 0 Å². The number of allylic oxidation sites excluding steroid dienone is 2. The van der Waals surface area contributed by atoms with Crippen molar-refractivity contribution >= 4 is 11.8 Å². The van der Waals surface area contributed by atoms with Gasteiger partial charge in [-0.1, -0.05) is 12.5 Å². The average Bonchev–Trinajstić information content (AvgIpc) is 2.14. The first-order chi connectivity index (χ1) is 3.84. The molecule has 1 aliphatic heterocycles. The largest absolute Gasteiger partial charge is 0.131 e. The van der Waals surface area contributed by atoms with Crippen molar-refractivity contribution in [3.8, 4) is 0 Å². The summed E-state index contributed by atoms with van der Waals surface area (Å²) in [6.45, 7) is 4.47. The van der Waals surface area contributed by atoms with Crippen LogP contribution in [0.1, 0.15) is 26.7 Å². The molecule has 1 heteroatoms. The molecule has 0 nitrogen and oxygen atoms in total. The second-order valence-electron chi connectivity index (χ2n) is 2.11. The summed E-state index contributed by atoms with van der Waals surface area (Å²) in [4.78, 5) is 1.58. The maximum absolute atomic E-state index is 2.24. The number of hydrogen-bond acceptors (Lipinski definition) is 1. The molecule has 0 N–H and O–H groups in total. The molecule has 0 aromatic rings. The molecule has 0 amide bonds. The lowest BCUT2D eigenvalue weighted by atomic mass is 10.1. The maximum atomic E-state index is 2.24. The zero-order chi connectivity index (χ0) is 5.98. The molecule has 0 atom stereocenters. The lowest BCUT2D eigenvalue weighted by molar-refractivity contribution is 0.994. The Morgan fingerprint density at radius 2 is 2.38 bits per heavy atom. The first kappa shape index (κ1) is 6.21. The summed E-state index contributed by atoms with van der Waals surface area (Å²) < 4.78 is 0. The van der Waals surface area contributed by atoms with Crippen LogP contribution in [0, 0.1) is 0 Å². The molecule has 0 aromatic heterocycles. The van der Waals surface area contributed by atoms with Gasteiger partial charge in [0, 0.05) is 5.75 Å². The number of thioether (sulfide) groups is 1. The van der Waals surface area contributed by atoms with Crippen LogP contribution in [0.2, 0.25) is 0 Å². The predicted molar refractivity (Wildman–Crippen MR) is 40.1 cm³/mol. The van der Waals surface area contributed by atoms with Crippen molar-refractivity contribution in [2.75, 3.05) is 5.75 Å². The molecule has 0 aromatic carbocycles. The number of hydrogen-bond donors (Lipinski definition) is 0. The van der Waals surface area contributed by atoms with Gasteiger partial charge in [0.25, 0.3) is 0 Å². The molecule has 0 aliphatic carbocycles. The minimum absolute atomic E-state index is 1.26. The summed E-state index contributed by atoms with van der Waals surface area (Å²) >= 11 is 2.01. The zero-order valence-corrected chi connectivity index (χ0v) is 6.35. The lowest BCUT2D eigenvalue weighted by Crippen LogP contribution is -1.75. The molecular weight excluding hydrogens is 116 g/mol. The third kappa shape index (κ3) is 1.08. The van der Waals surface area contributed by atoms with Crippen LogP contribution in [0.25, 0.3) is 0 Å². The summed E-state index contributed by atoms with van der Waals surface area (Å²) in [5.74, 6) is 1.33. The van der Waals surface area contributed by atoms with Crippen LogP contribution in [-0.4, -0.2) is 5.75 Å². The summed E-state index contributed by atoms with van der Waals surface area (Å²) in [6, 6.07) is 0. The van der Waals surface area contributed by atoms with Crippen molar-refractivity contribution in [1.82, 2.24) is 0 Å². The fourth-order valence-corrected chi connectivity index (χ4v) is 2.14. The molecule has 0 radical (unpaired) electrons. The van der Waals surface area contributed by atoms with Gasteiger partial charge < -0.3 is 0 Å². The van der Waals surface area contributed by atoms with Gasteiger partial charge in [0.15, 0.2) is 0 Å². The van der Waals surface area contributed by atoms with Crippen molar-refractivity contribution in [3.05, 3.63) is 10.5 Å². The van der Waals surface area contributed by atoms with E-state index in [0.717, 1.165) is 0 Å². The van der Waals surface area contributed by atoms with Gasteiger partial charge in [0.05, 0.1) is 0 Å². The molecule has 8 heavy (non-hydrogen) atoms. The van der Waals surface area contributed by atoms with Crippen molar-refractivity contribution in [2.45, 2.75) is 26.7 Å². The predicted octanol–water partition coefficient (Wildman–Crippen LogP) is 2.81. The van der Waals surface area contributed by atoms with E-state index in [1.807, 2.05) is 11.8 Å². The molecule has 0 unspecified atom stereocenters. The standard InChI is InChI=1S/C7H12S/c1-3-7-4-5-8-6(7)2/h3-5H2,1-2H3. The summed E-state index contributed by atoms with van der Waals surface area (Å²) in [6.07, 6.45) is 2.60. The second-order valence-corrected chi connectivity index (χ2v) is 3.42. The van der Waals surface area contributed by atoms with E-state index in [9.17, 15) is 0 Å². The Bertz CT molecular complexity index is 114. The third-order valence-corrected chi connectivity index (χ3v) is 2.78. The van der Waals surface area contributed by atoms with Crippen LogP contribution in [0.3, 0.4) is 0 Å². The number of rotatable bonds is 1. The van der Waals surface area contributed by atoms with Gasteiger partial charge >= 0.3 is 0 Å². The molecule has 0 spiro atoms. The van der Waals surface area contributed by atoms with E-state index in [1.54, 1.807) is 10.5 Å². The Morgan fingerprint density at radius 1 is 1.62 bits per heavy atom. The van der Waals surface area contributed by atoms with Gasteiger partial charge in [0.1, 0.15) is 0 Å². The normalized spacial score (nSPS) is 20.2. The highest BCUT2D eigenvalue weighted by Crippen LogP contribution is 2.31. The molecule has 0 saturated carbocycles. The second kappa shape index (κ2) is 2.58. The van der Waals surface area contributed by atoms with Crippen molar-refractivity contribution < 1.29 is 0 Å². The fraction of sp³-hybridized carbons (Fsp3) is 0.714. The topological polar surface area (TPSA) is 0 Å². The Balaban J connectivity index is 2.58. The molecular formula is C7H12S. The maximum Gasteiger partial charge on any atom is 0.00143 e. The van der Waals surface area contributed by atoms with Crippen LogP contribution < -0.4 is 0 Å². The average molecular weight is 128 g/mol. The van der Waals surface area contributed by atoms with E-state index in [4.69, 9.17) is 0 Å². The van der Waals surface area contributed by atoms with E-state index in [-0.39, 0.29) is 0 Å². The highest BCUT2D eigenvalue weighted by Gasteiger charge is 2.07. The Morgan fingerprint density at radius 3 is 2.62 bits per heavy atom. The quantitative estimate of drug-likeness (QED) is 0.523. The van der Waals surface area contributed by atoms with Crippen molar-refractivity contribution in [3.63, 3.8) is 0 Å². The highest BCUT2D eigenvalue weighted by molar-refractivity contribution is 8.03. The van der Waals surface area contributed by atoms with Crippen LogP contribution in [0.15, 0.2) is 10.5 Å². The van der Waals surface area contributed by atoms with E-state index in [0.29, 0.717) is 0 Å². The minimum atomic E-state index is 1.26. The molecule has 1 heterocycles. The monoisotopic (exact) mass is 128 g/mol. The summed E-state index contributed by atoms with van der Waals surface area (Å²) in [5, 5.41) is 0. The molecule has 1 rings (SSSR count). The summed E-state index contributed by atoms with van der Waals surface area (Å²) in [7, 11) is 0. The van der Waals surface area contributed by atoms with E-state index in [1.165, 1.54) is 18.6 Å². The van der Waals surface area contributed by atoms with Gasteiger partial charge in [-0.05, 0) is 24.7 Å². The van der Waals surface area contributed by atoms with Gasteiger partial charge in [-0.15, -0.1) is 11.8 Å². The SMILES string of the molecule is CCC1=C(C)SCC1. The van der Waals surface area contributed by atoms with Crippen LogP contribution in [-0.2, 0) is 0 Å². The zero-order valence-electron chi connectivity index (χ0n) is 5.53. The summed E-state index contributed by atoms with van der Waals surface area (Å²) in [5.41, 5.74) is 1.68. The fourth-order valence-electron chi connectivity index (χ4n) is 1.03. The van der Waals surface area contributed by atoms with Crippen molar-refractivity contribution in [2.24, 2.45) is 0 Å². The molecule has 0 fully saturated rings. The third-order valence-electron chi connectivity index (χ3n) is 1.65. The molecule has 0 saturated heterocycles. The van der Waals surface area contributed by atoms with E-state index >= 15 is 0 Å². The smallest absolute Gasteiger partial charge is 0.00143 e. The Hall–Kier alpha value is 0.0900. The first-order valence-electron chi connectivity index (χ1n) is 3.16. The lowest BCUT2D eigenvalue weighted by Gasteiger charge is -1.93. The minimum Gasteiger partial charge on any atom is -0.131 e.